The lowest BCUT2D eigenvalue weighted by Crippen LogP contribution is -2.41. The second-order valence-electron chi connectivity index (χ2n) is 9.02. The second kappa shape index (κ2) is 9.23. The standard InChI is InChI=1S/C26H33N3O2/c1-18-11-13-28(14-12-18)17-26(30)29-24(22-15-19(2)9-10-20(22)3)16-23(27-29)21-7-5-6-8-25(21)31-4/h5-10,15,18,24H,11-14,16-17H2,1-4H3. The maximum absolute atomic E-state index is 13.5. The maximum Gasteiger partial charge on any atom is 0.257 e. The van der Waals surface area contributed by atoms with Gasteiger partial charge < -0.3 is 4.74 Å². The first kappa shape index (κ1) is 21.6. The van der Waals surface area contributed by atoms with E-state index in [1.807, 2.05) is 24.3 Å². The van der Waals surface area contributed by atoms with E-state index in [-0.39, 0.29) is 11.9 Å². The number of piperidine rings is 1. The zero-order valence-corrected chi connectivity index (χ0v) is 19.1. The molecule has 0 bridgehead atoms. The first-order chi connectivity index (χ1) is 15.0. The minimum atomic E-state index is -0.0870. The molecule has 4 rings (SSSR count). The summed E-state index contributed by atoms with van der Waals surface area (Å²) in [5.41, 5.74) is 5.43. The van der Waals surface area contributed by atoms with Gasteiger partial charge in [-0.2, -0.15) is 5.10 Å². The van der Waals surface area contributed by atoms with Crippen molar-refractivity contribution in [3.8, 4) is 5.75 Å². The number of aryl methyl sites for hydroxylation is 2. The van der Waals surface area contributed by atoms with Crippen LogP contribution in [0.2, 0.25) is 0 Å². The molecule has 0 saturated carbocycles. The number of carbonyl (C=O) groups is 1. The second-order valence-corrected chi connectivity index (χ2v) is 9.02. The van der Waals surface area contributed by atoms with Crippen molar-refractivity contribution in [2.24, 2.45) is 11.0 Å². The third kappa shape index (κ3) is 4.67. The van der Waals surface area contributed by atoms with Crippen LogP contribution in [0.5, 0.6) is 5.75 Å². The van der Waals surface area contributed by atoms with E-state index < -0.39 is 0 Å². The summed E-state index contributed by atoms with van der Waals surface area (Å²) in [7, 11) is 1.68. The van der Waals surface area contributed by atoms with Crippen LogP contribution in [0.25, 0.3) is 0 Å². The van der Waals surface area contributed by atoms with Crippen LogP contribution in [0, 0.1) is 19.8 Å². The highest BCUT2D eigenvalue weighted by atomic mass is 16.5. The average Bonchev–Trinajstić information content (AvgIpc) is 3.22. The molecule has 0 spiro atoms. The van der Waals surface area contributed by atoms with Gasteiger partial charge >= 0.3 is 0 Å². The molecule has 5 nitrogen and oxygen atoms in total. The van der Waals surface area contributed by atoms with Crippen LogP contribution < -0.4 is 4.74 Å². The van der Waals surface area contributed by atoms with Gasteiger partial charge in [-0.15, -0.1) is 0 Å². The number of hydrazone groups is 1. The van der Waals surface area contributed by atoms with Gasteiger partial charge in [-0.3, -0.25) is 9.69 Å². The molecule has 31 heavy (non-hydrogen) atoms. The molecular formula is C26H33N3O2. The average molecular weight is 420 g/mol. The third-order valence-corrected chi connectivity index (χ3v) is 6.61. The first-order valence-corrected chi connectivity index (χ1v) is 11.3. The van der Waals surface area contributed by atoms with Crippen molar-refractivity contribution in [2.45, 2.75) is 46.1 Å². The van der Waals surface area contributed by atoms with E-state index >= 15 is 0 Å². The van der Waals surface area contributed by atoms with Crippen molar-refractivity contribution in [3.63, 3.8) is 0 Å². The van der Waals surface area contributed by atoms with Crippen LogP contribution in [0.3, 0.4) is 0 Å². The number of rotatable bonds is 5. The summed E-state index contributed by atoms with van der Waals surface area (Å²) < 4.78 is 5.58. The number of nitrogens with zero attached hydrogens (tertiary/aromatic N) is 3. The molecular weight excluding hydrogens is 386 g/mol. The summed E-state index contributed by atoms with van der Waals surface area (Å²) in [4.78, 5) is 15.7. The van der Waals surface area contributed by atoms with E-state index in [1.54, 1.807) is 12.1 Å². The zero-order chi connectivity index (χ0) is 22.0. The van der Waals surface area contributed by atoms with Crippen molar-refractivity contribution in [1.82, 2.24) is 9.91 Å². The van der Waals surface area contributed by atoms with Gasteiger partial charge in [0, 0.05) is 12.0 Å². The molecule has 5 heteroatoms. The Kier molecular flexibility index (Phi) is 6.42. The van der Waals surface area contributed by atoms with Gasteiger partial charge in [0.2, 0.25) is 0 Å². The van der Waals surface area contributed by atoms with Gasteiger partial charge in [0.15, 0.2) is 0 Å². The lowest BCUT2D eigenvalue weighted by atomic mass is 9.93. The number of carbonyl (C=O) groups excluding carboxylic acids is 1. The van der Waals surface area contributed by atoms with E-state index in [0.29, 0.717) is 13.0 Å². The normalized spacial score (nSPS) is 20.1. The van der Waals surface area contributed by atoms with E-state index in [2.05, 4.69) is 43.9 Å². The Bertz CT molecular complexity index is 976. The predicted octanol–water partition coefficient (Wildman–Crippen LogP) is 4.72. The van der Waals surface area contributed by atoms with Crippen LogP contribution in [0.4, 0.5) is 0 Å². The molecule has 0 aromatic heterocycles. The summed E-state index contributed by atoms with van der Waals surface area (Å²) in [6, 6.07) is 14.3. The monoisotopic (exact) mass is 419 g/mol. The summed E-state index contributed by atoms with van der Waals surface area (Å²) in [6.07, 6.45) is 3.00. The van der Waals surface area contributed by atoms with Gasteiger partial charge in [-0.1, -0.05) is 42.8 Å². The number of ether oxygens (including phenoxy) is 1. The minimum Gasteiger partial charge on any atom is -0.496 e. The molecule has 0 radical (unpaired) electrons. The van der Waals surface area contributed by atoms with Gasteiger partial charge in [-0.05, 0) is 69.0 Å². The Labute approximate surface area is 185 Å². The lowest BCUT2D eigenvalue weighted by Gasteiger charge is -2.31. The number of hydrogen-bond donors (Lipinski definition) is 0. The Morgan fingerprint density at radius 2 is 1.87 bits per heavy atom. The van der Waals surface area contributed by atoms with Crippen molar-refractivity contribution in [1.29, 1.82) is 0 Å². The quantitative estimate of drug-likeness (QED) is 0.704. The molecule has 2 heterocycles. The Hall–Kier alpha value is -2.66. The molecule has 1 unspecified atom stereocenters. The topological polar surface area (TPSA) is 45.1 Å². The molecule has 2 aromatic rings. The highest BCUT2D eigenvalue weighted by Gasteiger charge is 2.35. The van der Waals surface area contributed by atoms with Gasteiger partial charge in [0.25, 0.3) is 5.91 Å². The highest BCUT2D eigenvalue weighted by Crippen LogP contribution is 2.36. The summed E-state index contributed by atoms with van der Waals surface area (Å²) in [6.45, 7) is 8.90. The molecule has 1 saturated heterocycles. The highest BCUT2D eigenvalue weighted by molar-refractivity contribution is 6.05. The van der Waals surface area contributed by atoms with E-state index in [4.69, 9.17) is 9.84 Å². The Morgan fingerprint density at radius 1 is 1.13 bits per heavy atom. The largest absolute Gasteiger partial charge is 0.496 e. The molecule has 1 amide bonds. The van der Waals surface area contributed by atoms with E-state index in [1.165, 1.54) is 16.7 Å². The maximum atomic E-state index is 13.5. The van der Waals surface area contributed by atoms with E-state index in [9.17, 15) is 4.79 Å². The van der Waals surface area contributed by atoms with Crippen molar-refractivity contribution < 1.29 is 9.53 Å². The van der Waals surface area contributed by atoms with Crippen LogP contribution >= 0.6 is 0 Å². The molecule has 2 aliphatic heterocycles. The molecule has 0 aliphatic carbocycles. The molecule has 164 valence electrons. The summed E-state index contributed by atoms with van der Waals surface area (Å²) in [5, 5.41) is 6.61. The third-order valence-electron chi connectivity index (χ3n) is 6.61. The number of methoxy groups -OCH3 is 1. The Balaban J connectivity index is 1.65. The Morgan fingerprint density at radius 3 is 2.61 bits per heavy atom. The number of para-hydroxylation sites is 1. The number of hydrogen-bond acceptors (Lipinski definition) is 4. The summed E-state index contributed by atoms with van der Waals surface area (Å²) >= 11 is 0. The van der Waals surface area contributed by atoms with Crippen LogP contribution in [-0.2, 0) is 4.79 Å². The zero-order valence-electron chi connectivity index (χ0n) is 19.1. The van der Waals surface area contributed by atoms with Crippen molar-refractivity contribution in [2.75, 3.05) is 26.7 Å². The molecule has 1 atom stereocenters. The van der Waals surface area contributed by atoms with Gasteiger partial charge in [0.1, 0.15) is 5.75 Å². The lowest BCUT2D eigenvalue weighted by molar-refractivity contribution is -0.134. The SMILES string of the molecule is COc1ccccc1C1=NN(C(=O)CN2CCC(C)CC2)C(c2cc(C)ccc2C)C1. The van der Waals surface area contributed by atoms with E-state index in [0.717, 1.165) is 48.9 Å². The fraction of sp³-hybridized carbons (Fsp3) is 0.462. The van der Waals surface area contributed by atoms with Crippen LogP contribution in [0.1, 0.15) is 54.5 Å². The van der Waals surface area contributed by atoms with Crippen LogP contribution in [0.15, 0.2) is 47.6 Å². The summed E-state index contributed by atoms with van der Waals surface area (Å²) in [5.74, 6) is 1.61. The minimum absolute atomic E-state index is 0.0744. The molecule has 2 aliphatic rings. The number of amides is 1. The van der Waals surface area contributed by atoms with Gasteiger partial charge in [0.05, 0.1) is 25.4 Å². The molecule has 0 N–H and O–H groups in total. The van der Waals surface area contributed by atoms with Crippen LogP contribution in [-0.4, -0.2) is 48.3 Å². The van der Waals surface area contributed by atoms with Crippen molar-refractivity contribution >= 4 is 11.6 Å². The molecule has 1 fully saturated rings. The molecule has 2 aromatic carbocycles. The van der Waals surface area contributed by atoms with Crippen molar-refractivity contribution in [3.05, 3.63) is 64.7 Å². The first-order valence-electron chi connectivity index (χ1n) is 11.3. The fourth-order valence-corrected chi connectivity index (χ4v) is 4.63. The number of likely N-dealkylation sites (tertiary alicyclic amines) is 1. The predicted molar refractivity (Wildman–Crippen MR) is 124 cm³/mol. The smallest absolute Gasteiger partial charge is 0.257 e. The fourth-order valence-electron chi connectivity index (χ4n) is 4.63. The van der Waals surface area contributed by atoms with Gasteiger partial charge in [-0.25, -0.2) is 5.01 Å². The number of benzene rings is 2.